The number of H-pyrrole nitrogens is 2. The zero-order chi connectivity index (χ0) is 11.7. The Labute approximate surface area is 102 Å². The molecule has 2 aromatic heterocycles. The number of anilines is 1. The fraction of sp³-hybridized carbons (Fsp3) is 0.375. The molecule has 0 spiro atoms. The zero-order valence-electron chi connectivity index (χ0n) is 9.11. The van der Waals surface area contributed by atoms with Crippen LogP contribution in [0.5, 0.6) is 0 Å². The van der Waals surface area contributed by atoms with Crippen molar-refractivity contribution >= 4 is 29.5 Å². The number of hydrogen-bond acceptors (Lipinski definition) is 5. The Balaban J connectivity index is 0.00000144. The lowest BCUT2D eigenvalue weighted by Gasteiger charge is -1.96. The Morgan fingerprint density at radius 3 is 2.76 bits per heavy atom. The van der Waals surface area contributed by atoms with Crippen molar-refractivity contribution in [1.82, 2.24) is 19.5 Å². The maximum atomic E-state index is 11.4. The summed E-state index contributed by atoms with van der Waals surface area (Å²) in [7, 11) is 1.54. The second-order valence-corrected chi connectivity index (χ2v) is 3.32. The third kappa shape index (κ3) is 2.32. The summed E-state index contributed by atoms with van der Waals surface area (Å²) < 4.78 is 1.26. The van der Waals surface area contributed by atoms with Crippen molar-refractivity contribution < 1.29 is 0 Å². The summed E-state index contributed by atoms with van der Waals surface area (Å²) in [5, 5.41) is 2.90. The lowest BCUT2D eigenvalue weighted by molar-refractivity contribution is 0.832. The van der Waals surface area contributed by atoms with Gasteiger partial charge in [0, 0.05) is 20.1 Å². The van der Waals surface area contributed by atoms with E-state index >= 15 is 0 Å². The van der Waals surface area contributed by atoms with Gasteiger partial charge in [-0.3, -0.25) is 14.3 Å². The maximum Gasteiger partial charge on any atom is 0.329 e. The summed E-state index contributed by atoms with van der Waals surface area (Å²) in [6, 6.07) is 0. The van der Waals surface area contributed by atoms with Crippen LogP contribution < -0.4 is 22.3 Å². The van der Waals surface area contributed by atoms with Crippen LogP contribution in [0, 0.1) is 0 Å². The fourth-order valence-corrected chi connectivity index (χ4v) is 1.38. The van der Waals surface area contributed by atoms with Gasteiger partial charge in [-0.1, -0.05) is 0 Å². The van der Waals surface area contributed by atoms with E-state index in [1.807, 2.05) is 0 Å². The molecular weight excluding hydrogens is 248 g/mol. The minimum absolute atomic E-state index is 0. The zero-order valence-corrected chi connectivity index (χ0v) is 9.93. The van der Waals surface area contributed by atoms with E-state index in [-0.39, 0.29) is 17.9 Å². The predicted octanol–water partition coefficient (Wildman–Crippen LogP) is -1.26. The van der Waals surface area contributed by atoms with Crippen LogP contribution in [0.1, 0.15) is 0 Å². The molecule has 0 bridgehead atoms. The fourth-order valence-electron chi connectivity index (χ4n) is 1.38. The molecule has 0 aliphatic heterocycles. The molecule has 0 amide bonds. The molecule has 5 N–H and O–H groups in total. The summed E-state index contributed by atoms with van der Waals surface area (Å²) in [4.78, 5) is 31.8. The van der Waals surface area contributed by atoms with E-state index in [2.05, 4.69) is 20.3 Å². The first kappa shape index (κ1) is 13.3. The van der Waals surface area contributed by atoms with Gasteiger partial charge in [0.25, 0.3) is 5.56 Å². The van der Waals surface area contributed by atoms with Gasteiger partial charge in [-0.25, -0.2) is 4.79 Å². The van der Waals surface area contributed by atoms with Crippen LogP contribution >= 0.6 is 12.4 Å². The molecule has 0 aliphatic carbocycles. The van der Waals surface area contributed by atoms with E-state index < -0.39 is 11.2 Å². The van der Waals surface area contributed by atoms with Crippen molar-refractivity contribution in [3.05, 3.63) is 20.8 Å². The van der Waals surface area contributed by atoms with E-state index in [1.165, 1.54) is 11.6 Å². The standard InChI is InChI=1S/C8H12N6O2.ClH/c1-14-5-4(6(15)13-8(14)16)11-7(12-5)10-3-2-9;/h2-3,9H2,1H3,(H2,10,11,12)(H,13,15,16);1H. The quantitative estimate of drug-likeness (QED) is 0.549. The van der Waals surface area contributed by atoms with Crippen molar-refractivity contribution in [2.24, 2.45) is 12.8 Å². The second-order valence-electron chi connectivity index (χ2n) is 3.32. The highest BCUT2D eigenvalue weighted by Crippen LogP contribution is 2.06. The normalized spacial score (nSPS) is 10.2. The molecule has 8 nitrogen and oxygen atoms in total. The van der Waals surface area contributed by atoms with E-state index in [4.69, 9.17) is 5.73 Å². The van der Waals surface area contributed by atoms with Crippen LogP contribution in [-0.2, 0) is 7.05 Å². The van der Waals surface area contributed by atoms with Gasteiger partial charge in [0.1, 0.15) is 0 Å². The second kappa shape index (κ2) is 5.02. The van der Waals surface area contributed by atoms with Gasteiger partial charge in [0.2, 0.25) is 5.95 Å². The first-order valence-corrected chi connectivity index (χ1v) is 4.76. The molecule has 0 aromatic carbocycles. The summed E-state index contributed by atoms with van der Waals surface area (Å²) >= 11 is 0. The number of nitrogens with two attached hydrogens (primary N) is 1. The topological polar surface area (TPSA) is 122 Å². The molecule has 0 saturated heterocycles. The summed E-state index contributed by atoms with van der Waals surface area (Å²) in [5.41, 5.74) is 4.93. The number of aromatic amines is 2. The minimum atomic E-state index is -0.491. The molecular formula is C8H13ClN6O2. The van der Waals surface area contributed by atoms with Gasteiger partial charge in [-0.05, 0) is 0 Å². The Bertz CT molecular complexity index is 627. The number of nitrogens with zero attached hydrogens (tertiary/aromatic N) is 2. The molecule has 0 atom stereocenters. The van der Waals surface area contributed by atoms with E-state index in [1.54, 1.807) is 0 Å². The number of aromatic nitrogens is 4. The third-order valence-corrected chi connectivity index (χ3v) is 2.19. The number of rotatable bonds is 3. The number of hydrogen-bond donors (Lipinski definition) is 4. The molecule has 2 aromatic rings. The SMILES string of the molecule is Cl.Cn1c(=O)[nH]c(=O)c2[nH]c(NCCN)nc21. The van der Waals surface area contributed by atoms with Gasteiger partial charge < -0.3 is 16.0 Å². The number of imidazole rings is 1. The third-order valence-electron chi connectivity index (χ3n) is 2.19. The first-order valence-electron chi connectivity index (χ1n) is 4.76. The Hall–Kier alpha value is -1.80. The molecule has 9 heteroatoms. The van der Waals surface area contributed by atoms with Crippen LogP contribution in [0.2, 0.25) is 0 Å². The highest BCUT2D eigenvalue weighted by Gasteiger charge is 2.09. The summed E-state index contributed by atoms with van der Waals surface area (Å²) in [5.74, 6) is 0.423. The van der Waals surface area contributed by atoms with Crippen LogP contribution in [0.4, 0.5) is 5.95 Å². The highest BCUT2D eigenvalue weighted by molar-refractivity contribution is 5.85. The largest absolute Gasteiger partial charge is 0.354 e. The monoisotopic (exact) mass is 260 g/mol. The molecule has 0 radical (unpaired) electrons. The van der Waals surface area contributed by atoms with Crippen molar-refractivity contribution in [3.63, 3.8) is 0 Å². The molecule has 0 saturated carbocycles. The van der Waals surface area contributed by atoms with E-state index in [0.717, 1.165) is 0 Å². The average molecular weight is 261 g/mol. The number of aryl methyl sites for hydroxylation is 1. The van der Waals surface area contributed by atoms with Crippen molar-refractivity contribution in [2.75, 3.05) is 18.4 Å². The lowest BCUT2D eigenvalue weighted by atomic mass is 10.5. The van der Waals surface area contributed by atoms with Crippen LogP contribution in [-0.4, -0.2) is 32.6 Å². The Morgan fingerprint density at radius 1 is 1.41 bits per heavy atom. The van der Waals surface area contributed by atoms with Crippen LogP contribution in [0.15, 0.2) is 9.59 Å². The molecule has 0 aliphatic rings. The van der Waals surface area contributed by atoms with E-state index in [0.29, 0.717) is 24.7 Å². The maximum absolute atomic E-state index is 11.4. The van der Waals surface area contributed by atoms with E-state index in [9.17, 15) is 9.59 Å². The van der Waals surface area contributed by atoms with Gasteiger partial charge in [0.05, 0.1) is 0 Å². The van der Waals surface area contributed by atoms with Gasteiger partial charge in [-0.2, -0.15) is 4.98 Å². The Morgan fingerprint density at radius 2 is 2.12 bits per heavy atom. The van der Waals surface area contributed by atoms with Crippen LogP contribution in [0.25, 0.3) is 11.2 Å². The smallest absolute Gasteiger partial charge is 0.329 e. The van der Waals surface area contributed by atoms with Gasteiger partial charge >= 0.3 is 5.69 Å². The summed E-state index contributed by atoms with van der Waals surface area (Å²) in [6.07, 6.45) is 0. The lowest BCUT2D eigenvalue weighted by Crippen LogP contribution is -2.28. The van der Waals surface area contributed by atoms with Crippen LogP contribution in [0.3, 0.4) is 0 Å². The number of fused-ring (bicyclic) bond motifs is 1. The Kier molecular flexibility index (Phi) is 3.92. The average Bonchev–Trinajstić information content (AvgIpc) is 2.68. The molecule has 17 heavy (non-hydrogen) atoms. The number of halogens is 1. The van der Waals surface area contributed by atoms with Crippen molar-refractivity contribution in [3.8, 4) is 0 Å². The molecule has 2 rings (SSSR count). The molecule has 2 heterocycles. The van der Waals surface area contributed by atoms with Gasteiger partial charge in [0.15, 0.2) is 11.2 Å². The molecule has 94 valence electrons. The van der Waals surface area contributed by atoms with Crippen molar-refractivity contribution in [1.29, 1.82) is 0 Å². The minimum Gasteiger partial charge on any atom is -0.354 e. The first-order chi connectivity index (χ1) is 7.63. The summed E-state index contributed by atoms with van der Waals surface area (Å²) in [6.45, 7) is 0.984. The van der Waals surface area contributed by atoms with Gasteiger partial charge in [-0.15, -0.1) is 12.4 Å². The molecule has 0 fully saturated rings. The molecule has 0 unspecified atom stereocenters. The number of nitrogens with one attached hydrogen (secondary N) is 3. The predicted molar refractivity (Wildman–Crippen MR) is 66.7 cm³/mol. The highest BCUT2D eigenvalue weighted by atomic mass is 35.5. The van der Waals surface area contributed by atoms with Crippen molar-refractivity contribution in [2.45, 2.75) is 0 Å².